The summed E-state index contributed by atoms with van der Waals surface area (Å²) in [6.45, 7) is 6.57. The lowest BCUT2D eigenvalue weighted by Crippen LogP contribution is -2.17. The first-order valence-electron chi connectivity index (χ1n) is 8.92. The van der Waals surface area contributed by atoms with Crippen LogP contribution >= 0.6 is 11.8 Å². The minimum absolute atomic E-state index is 0.263. The van der Waals surface area contributed by atoms with E-state index in [2.05, 4.69) is 40.7 Å². The van der Waals surface area contributed by atoms with Crippen LogP contribution in [0, 0.1) is 11.5 Å². The van der Waals surface area contributed by atoms with E-state index < -0.39 is 8.07 Å². The van der Waals surface area contributed by atoms with E-state index in [-0.39, 0.29) is 12.0 Å². The number of methoxy groups -OCH3 is 1. The molecule has 26 heavy (non-hydrogen) atoms. The van der Waals surface area contributed by atoms with E-state index in [0.29, 0.717) is 16.4 Å². The predicted octanol–water partition coefficient (Wildman–Crippen LogP) is 4.28. The largest absolute Gasteiger partial charge is 0.464 e. The number of rotatable bonds is 3. The van der Waals surface area contributed by atoms with Crippen molar-refractivity contribution in [3.05, 3.63) is 17.5 Å². The number of esters is 1. The van der Waals surface area contributed by atoms with E-state index in [0.717, 1.165) is 23.9 Å². The SMILES string of the molecule is COC(=O)c1c(C#C[Si](C)(C)C)c2cnc(SC)nc2n1C1CCCC1. The Balaban J connectivity index is 2.35. The fourth-order valence-electron chi connectivity index (χ4n) is 3.36. The van der Waals surface area contributed by atoms with Gasteiger partial charge in [-0.05, 0) is 19.1 Å². The highest BCUT2D eigenvalue weighted by molar-refractivity contribution is 7.98. The predicted molar refractivity (Wildman–Crippen MR) is 108 cm³/mol. The summed E-state index contributed by atoms with van der Waals surface area (Å²) in [5, 5.41) is 1.55. The van der Waals surface area contributed by atoms with Crippen LogP contribution in [0.15, 0.2) is 11.4 Å². The first-order valence-corrected chi connectivity index (χ1v) is 13.6. The molecule has 138 valence electrons. The van der Waals surface area contributed by atoms with Crippen molar-refractivity contribution < 1.29 is 9.53 Å². The fraction of sp³-hybridized carbons (Fsp3) is 0.526. The van der Waals surface area contributed by atoms with Gasteiger partial charge in [-0.15, -0.1) is 5.54 Å². The smallest absolute Gasteiger partial charge is 0.356 e. The van der Waals surface area contributed by atoms with E-state index in [9.17, 15) is 4.79 Å². The number of ether oxygens (including phenoxy) is 1. The second kappa shape index (κ2) is 7.45. The second-order valence-corrected chi connectivity index (χ2v) is 13.1. The Kier molecular flexibility index (Phi) is 5.44. The standard InChI is InChI=1S/C19H25N3O2SSi/c1-24-18(23)16-14(10-11-26(3,4)5)15-12-20-19(25-2)21-17(15)22(16)13-8-6-7-9-13/h12-13H,6-9H2,1-5H3. The normalized spacial score (nSPS) is 15.1. The quantitative estimate of drug-likeness (QED) is 0.259. The minimum atomic E-state index is -1.60. The lowest BCUT2D eigenvalue weighted by atomic mass is 10.2. The zero-order valence-corrected chi connectivity index (χ0v) is 17.9. The van der Waals surface area contributed by atoms with Crippen LogP contribution in [0.2, 0.25) is 19.6 Å². The molecule has 0 bridgehead atoms. The summed E-state index contributed by atoms with van der Waals surface area (Å²) >= 11 is 1.50. The topological polar surface area (TPSA) is 57.0 Å². The number of carbonyl (C=O) groups is 1. The van der Waals surface area contributed by atoms with Gasteiger partial charge in [0.15, 0.2) is 5.16 Å². The highest BCUT2D eigenvalue weighted by Crippen LogP contribution is 2.37. The molecule has 0 spiro atoms. The van der Waals surface area contributed by atoms with Crippen LogP contribution in [0.5, 0.6) is 0 Å². The summed E-state index contributed by atoms with van der Waals surface area (Å²) in [7, 11) is -0.178. The molecule has 0 aliphatic heterocycles. The van der Waals surface area contributed by atoms with E-state index in [1.54, 1.807) is 6.20 Å². The Morgan fingerprint density at radius 3 is 2.62 bits per heavy atom. The Bertz CT molecular complexity index is 899. The van der Waals surface area contributed by atoms with Crippen molar-refractivity contribution in [2.45, 2.75) is 56.5 Å². The molecule has 7 heteroatoms. The number of hydrogen-bond acceptors (Lipinski definition) is 5. The molecule has 2 aromatic rings. The third-order valence-corrected chi connectivity index (χ3v) is 5.97. The van der Waals surface area contributed by atoms with Crippen LogP contribution in [0.25, 0.3) is 11.0 Å². The molecule has 1 aliphatic carbocycles. The molecule has 0 N–H and O–H groups in total. The minimum Gasteiger partial charge on any atom is -0.464 e. The van der Waals surface area contributed by atoms with Crippen LogP contribution in [0.3, 0.4) is 0 Å². The van der Waals surface area contributed by atoms with Gasteiger partial charge >= 0.3 is 5.97 Å². The number of hydrogen-bond donors (Lipinski definition) is 0. The molecule has 2 heterocycles. The molecule has 0 amide bonds. The maximum atomic E-state index is 12.7. The second-order valence-electron chi connectivity index (χ2n) is 7.62. The number of carbonyl (C=O) groups excluding carboxylic acids is 1. The molecular formula is C19H25N3O2SSi. The molecule has 5 nitrogen and oxygen atoms in total. The third kappa shape index (κ3) is 3.67. The van der Waals surface area contributed by atoms with Gasteiger partial charge in [-0.1, -0.05) is 50.2 Å². The van der Waals surface area contributed by atoms with E-state index in [1.807, 2.05) is 6.26 Å². The zero-order valence-electron chi connectivity index (χ0n) is 16.0. The molecule has 0 atom stereocenters. The fourth-order valence-corrected chi connectivity index (χ4v) is 4.20. The van der Waals surface area contributed by atoms with E-state index in [1.165, 1.54) is 31.7 Å². The Hall–Kier alpha value is -1.78. The third-order valence-electron chi connectivity index (χ3n) is 4.54. The number of aromatic nitrogens is 3. The summed E-state index contributed by atoms with van der Waals surface area (Å²) in [6.07, 6.45) is 8.20. The van der Waals surface area contributed by atoms with Crippen LogP contribution in [-0.4, -0.2) is 41.9 Å². The van der Waals surface area contributed by atoms with Crippen molar-refractivity contribution in [1.82, 2.24) is 14.5 Å². The summed E-state index contributed by atoms with van der Waals surface area (Å²) in [5.74, 6) is 2.95. The number of nitrogens with zero attached hydrogens (tertiary/aromatic N) is 3. The Morgan fingerprint density at radius 1 is 1.35 bits per heavy atom. The van der Waals surface area contributed by atoms with Gasteiger partial charge in [0.1, 0.15) is 19.4 Å². The van der Waals surface area contributed by atoms with Crippen LogP contribution in [0.4, 0.5) is 0 Å². The van der Waals surface area contributed by atoms with Crippen LogP contribution in [-0.2, 0) is 4.74 Å². The maximum Gasteiger partial charge on any atom is 0.356 e. The van der Waals surface area contributed by atoms with Gasteiger partial charge in [-0.2, -0.15) is 0 Å². The van der Waals surface area contributed by atoms with Crippen LogP contribution in [0.1, 0.15) is 47.8 Å². The molecule has 2 aromatic heterocycles. The highest BCUT2D eigenvalue weighted by atomic mass is 32.2. The van der Waals surface area contributed by atoms with Crippen molar-refractivity contribution in [3.63, 3.8) is 0 Å². The first kappa shape index (κ1) is 19.0. The number of fused-ring (bicyclic) bond motifs is 1. The molecule has 3 rings (SSSR count). The molecule has 0 saturated heterocycles. The average Bonchev–Trinajstić information content (AvgIpc) is 3.23. The van der Waals surface area contributed by atoms with Gasteiger partial charge in [0, 0.05) is 12.2 Å². The van der Waals surface area contributed by atoms with Gasteiger partial charge in [0.05, 0.1) is 18.1 Å². The summed E-state index contributed by atoms with van der Waals surface area (Å²) < 4.78 is 7.20. The summed E-state index contributed by atoms with van der Waals surface area (Å²) in [6, 6.07) is 0.263. The van der Waals surface area contributed by atoms with Crippen molar-refractivity contribution in [3.8, 4) is 11.5 Å². The van der Waals surface area contributed by atoms with Gasteiger partial charge < -0.3 is 9.30 Å². The molecule has 0 unspecified atom stereocenters. The molecular weight excluding hydrogens is 362 g/mol. The van der Waals surface area contributed by atoms with Gasteiger partial charge in [0.2, 0.25) is 0 Å². The molecule has 1 saturated carbocycles. The number of thioether (sulfide) groups is 1. The highest BCUT2D eigenvalue weighted by Gasteiger charge is 2.30. The lowest BCUT2D eigenvalue weighted by Gasteiger charge is -2.16. The Labute approximate surface area is 159 Å². The molecule has 1 fully saturated rings. The maximum absolute atomic E-state index is 12.7. The van der Waals surface area contributed by atoms with Gasteiger partial charge in [0.25, 0.3) is 0 Å². The monoisotopic (exact) mass is 387 g/mol. The van der Waals surface area contributed by atoms with E-state index in [4.69, 9.17) is 9.72 Å². The van der Waals surface area contributed by atoms with Crippen molar-refractivity contribution in [2.24, 2.45) is 0 Å². The van der Waals surface area contributed by atoms with Gasteiger partial charge in [-0.3, -0.25) is 0 Å². The van der Waals surface area contributed by atoms with Crippen molar-refractivity contribution in [1.29, 1.82) is 0 Å². The lowest BCUT2D eigenvalue weighted by molar-refractivity contribution is 0.0586. The Morgan fingerprint density at radius 2 is 2.04 bits per heavy atom. The summed E-state index contributed by atoms with van der Waals surface area (Å²) in [5.41, 5.74) is 5.44. The zero-order chi connectivity index (χ0) is 18.9. The van der Waals surface area contributed by atoms with Crippen molar-refractivity contribution >= 4 is 36.8 Å². The molecule has 0 aromatic carbocycles. The van der Waals surface area contributed by atoms with Gasteiger partial charge in [-0.25, -0.2) is 14.8 Å². The molecule has 1 aliphatic rings. The average molecular weight is 388 g/mol. The summed E-state index contributed by atoms with van der Waals surface area (Å²) in [4.78, 5) is 21.9. The van der Waals surface area contributed by atoms with E-state index >= 15 is 0 Å². The van der Waals surface area contributed by atoms with Crippen molar-refractivity contribution in [2.75, 3.05) is 13.4 Å². The van der Waals surface area contributed by atoms with Crippen LogP contribution < -0.4 is 0 Å². The first-order chi connectivity index (χ1) is 12.4. The molecule has 0 radical (unpaired) electrons.